The summed E-state index contributed by atoms with van der Waals surface area (Å²) >= 11 is 0. The molecule has 0 saturated carbocycles. The van der Waals surface area contributed by atoms with E-state index >= 15 is 0 Å². The minimum absolute atomic E-state index is 0.734. The lowest BCUT2D eigenvalue weighted by Gasteiger charge is -2.15. The zero-order chi connectivity index (χ0) is 14.8. The summed E-state index contributed by atoms with van der Waals surface area (Å²) in [6.45, 7) is 6.98. The first-order valence-electron chi connectivity index (χ1n) is 8.69. The molecule has 0 spiro atoms. The van der Waals surface area contributed by atoms with E-state index in [0.29, 0.717) is 0 Å². The van der Waals surface area contributed by atoms with Crippen LogP contribution in [0.1, 0.15) is 62.3 Å². The van der Waals surface area contributed by atoms with Crippen molar-refractivity contribution in [2.45, 2.75) is 52.9 Å². The summed E-state index contributed by atoms with van der Waals surface area (Å²) in [6, 6.07) is 4.93. The van der Waals surface area contributed by atoms with E-state index < -0.39 is 0 Å². The topological polar surface area (TPSA) is 0 Å². The molecule has 0 bridgehead atoms. The van der Waals surface area contributed by atoms with Crippen molar-refractivity contribution in [3.63, 3.8) is 0 Å². The fourth-order valence-corrected chi connectivity index (χ4v) is 3.69. The van der Waals surface area contributed by atoms with Crippen molar-refractivity contribution in [1.29, 1.82) is 0 Å². The quantitative estimate of drug-likeness (QED) is 0.632. The molecule has 21 heavy (non-hydrogen) atoms. The van der Waals surface area contributed by atoms with Crippen molar-refractivity contribution in [3.8, 4) is 0 Å². The lowest BCUT2D eigenvalue weighted by molar-refractivity contribution is 0.440. The molecule has 112 valence electrons. The zero-order valence-electron chi connectivity index (χ0n) is 13.7. The number of hydrogen-bond acceptors (Lipinski definition) is 0. The molecule has 0 heteroatoms. The molecular formula is C21H28. The van der Waals surface area contributed by atoms with E-state index in [4.69, 9.17) is 0 Å². The molecule has 0 radical (unpaired) electrons. The lowest BCUT2D eigenvalue weighted by Crippen LogP contribution is -2.05. The Morgan fingerprint density at radius 2 is 1.57 bits per heavy atom. The molecule has 2 atom stereocenters. The van der Waals surface area contributed by atoms with Gasteiger partial charge in [0.2, 0.25) is 0 Å². The maximum Gasteiger partial charge on any atom is -0.0204 e. The first kappa shape index (κ1) is 14.6. The maximum absolute atomic E-state index is 2.46. The smallest absolute Gasteiger partial charge is 0.0204 e. The number of fused-ring (bicyclic) bond motifs is 2. The number of aryl methyl sites for hydroxylation is 2. The third kappa shape index (κ3) is 3.15. The van der Waals surface area contributed by atoms with Gasteiger partial charge in [0, 0.05) is 0 Å². The summed E-state index contributed by atoms with van der Waals surface area (Å²) in [5, 5.41) is 0. The van der Waals surface area contributed by atoms with E-state index in [0.717, 1.165) is 17.8 Å². The first-order chi connectivity index (χ1) is 10.2. The van der Waals surface area contributed by atoms with Gasteiger partial charge in [-0.1, -0.05) is 57.2 Å². The molecule has 2 aliphatic rings. The Kier molecular flexibility index (Phi) is 4.33. The number of hydrogen-bond donors (Lipinski definition) is 0. The van der Waals surface area contributed by atoms with E-state index in [2.05, 4.69) is 57.2 Å². The molecular weight excluding hydrogens is 252 g/mol. The van der Waals surface area contributed by atoms with Gasteiger partial charge >= 0.3 is 0 Å². The summed E-state index contributed by atoms with van der Waals surface area (Å²) in [7, 11) is 0. The van der Waals surface area contributed by atoms with Crippen molar-refractivity contribution in [3.05, 3.63) is 46.5 Å². The number of benzene rings is 1. The first-order valence-corrected chi connectivity index (χ1v) is 8.69. The van der Waals surface area contributed by atoms with Crippen LogP contribution in [-0.4, -0.2) is 0 Å². The summed E-state index contributed by atoms with van der Waals surface area (Å²) in [5.41, 5.74) is 6.04. The average molecular weight is 280 g/mol. The van der Waals surface area contributed by atoms with Gasteiger partial charge in [-0.05, 0) is 72.1 Å². The highest BCUT2D eigenvalue weighted by Crippen LogP contribution is 2.31. The molecule has 0 saturated heterocycles. The van der Waals surface area contributed by atoms with Crippen LogP contribution in [0.15, 0.2) is 24.3 Å². The highest BCUT2D eigenvalue weighted by molar-refractivity contribution is 5.64. The molecule has 2 unspecified atom stereocenters. The Hall–Kier alpha value is -1.30. The fourth-order valence-electron chi connectivity index (χ4n) is 3.69. The van der Waals surface area contributed by atoms with E-state index in [1.54, 1.807) is 11.1 Å². The maximum atomic E-state index is 2.46. The Balaban J connectivity index is 1.91. The molecule has 1 aromatic carbocycles. The van der Waals surface area contributed by atoms with Gasteiger partial charge in [0.05, 0.1) is 0 Å². The fraction of sp³-hybridized carbons (Fsp3) is 0.524. The Morgan fingerprint density at radius 3 is 2.19 bits per heavy atom. The van der Waals surface area contributed by atoms with Crippen LogP contribution in [0.5, 0.6) is 0 Å². The van der Waals surface area contributed by atoms with Crippen LogP contribution in [0, 0.1) is 17.8 Å². The third-order valence-corrected chi connectivity index (χ3v) is 5.38. The second-order valence-electron chi connectivity index (χ2n) is 7.12. The van der Waals surface area contributed by atoms with Gasteiger partial charge in [-0.2, -0.15) is 0 Å². The number of rotatable bonds is 2. The Bertz CT molecular complexity index is 560. The van der Waals surface area contributed by atoms with Crippen LogP contribution in [0.2, 0.25) is 0 Å². The molecule has 0 N–H and O–H groups in total. The lowest BCUT2D eigenvalue weighted by atomic mass is 9.90. The Morgan fingerprint density at radius 1 is 0.952 bits per heavy atom. The van der Waals surface area contributed by atoms with E-state index in [1.165, 1.54) is 43.2 Å². The largest absolute Gasteiger partial charge is 0.0808 e. The van der Waals surface area contributed by atoms with E-state index in [-0.39, 0.29) is 0 Å². The second-order valence-corrected chi connectivity index (χ2v) is 7.12. The van der Waals surface area contributed by atoms with Crippen LogP contribution in [0.25, 0.3) is 12.2 Å². The van der Waals surface area contributed by atoms with Gasteiger partial charge in [-0.15, -0.1) is 0 Å². The molecule has 3 rings (SSSR count). The third-order valence-electron chi connectivity index (χ3n) is 5.38. The van der Waals surface area contributed by atoms with Gasteiger partial charge in [0.1, 0.15) is 0 Å². The zero-order valence-corrected chi connectivity index (χ0v) is 13.7. The van der Waals surface area contributed by atoms with Crippen LogP contribution < -0.4 is 0 Å². The predicted molar refractivity (Wildman–Crippen MR) is 93.3 cm³/mol. The molecule has 0 amide bonds. The van der Waals surface area contributed by atoms with E-state index in [9.17, 15) is 0 Å². The minimum atomic E-state index is 0.734. The van der Waals surface area contributed by atoms with Crippen LogP contribution in [-0.2, 0) is 12.8 Å². The van der Waals surface area contributed by atoms with Crippen LogP contribution in [0.3, 0.4) is 0 Å². The second kappa shape index (κ2) is 6.22. The van der Waals surface area contributed by atoms with E-state index in [1.807, 2.05) is 0 Å². The van der Waals surface area contributed by atoms with Crippen molar-refractivity contribution in [2.24, 2.45) is 17.8 Å². The standard InChI is InChI=1S/C21H28/c1-4-16-5-7-18-13-20-11-9-17(15(2)3)10-12-21(20)14-19(18)8-6-16/h5,7,10,12-17H,4,6,8-9,11H2,1-3H3. The highest BCUT2D eigenvalue weighted by Gasteiger charge is 2.17. The summed E-state index contributed by atoms with van der Waals surface area (Å²) < 4.78 is 0. The number of allylic oxidation sites excluding steroid dienone is 2. The SMILES string of the molecule is CCC1C=Cc2cc3c(cc2CC1)C=CC(C(C)C)CC3. The average Bonchev–Trinajstić information content (AvgIpc) is 2.80. The predicted octanol–water partition coefficient (Wildman–Crippen LogP) is 5.90. The van der Waals surface area contributed by atoms with Gasteiger partial charge < -0.3 is 0 Å². The van der Waals surface area contributed by atoms with Gasteiger partial charge in [0.25, 0.3) is 0 Å². The molecule has 0 nitrogen and oxygen atoms in total. The van der Waals surface area contributed by atoms with Crippen molar-refractivity contribution < 1.29 is 0 Å². The molecule has 2 aliphatic carbocycles. The van der Waals surface area contributed by atoms with Gasteiger partial charge in [-0.25, -0.2) is 0 Å². The molecule has 1 aromatic rings. The Labute approximate surface area is 130 Å². The van der Waals surface area contributed by atoms with Crippen LogP contribution >= 0.6 is 0 Å². The summed E-state index contributed by atoms with van der Waals surface area (Å²) in [5.74, 6) is 2.24. The highest BCUT2D eigenvalue weighted by atomic mass is 14.2. The molecule has 0 aliphatic heterocycles. The monoisotopic (exact) mass is 280 g/mol. The summed E-state index contributed by atoms with van der Waals surface area (Å²) in [6.07, 6.45) is 16.0. The normalized spacial score (nSPS) is 24.4. The van der Waals surface area contributed by atoms with Crippen LogP contribution in [0.4, 0.5) is 0 Å². The summed E-state index contributed by atoms with van der Waals surface area (Å²) in [4.78, 5) is 0. The molecule has 0 heterocycles. The molecule has 0 aromatic heterocycles. The van der Waals surface area contributed by atoms with Crippen molar-refractivity contribution >= 4 is 12.2 Å². The van der Waals surface area contributed by atoms with Crippen molar-refractivity contribution in [1.82, 2.24) is 0 Å². The van der Waals surface area contributed by atoms with Crippen molar-refractivity contribution in [2.75, 3.05) is 0 Å². The minimum Gasteiger partial charge on any atom is -0.0808 e. The molecule has 0 fully saturated rings. The van der Waals surface area contributed by atoms with Gasteiger partial charge in [-0.3, -0.25) is 0 Å². The van der Waals surface area contributed by atoms with Gasteiger partial charge in [0.15, 0.2) is 0 Å².